The third-order valence-electron chi connectivity index (χ3n) is 2.83. The number of alkyl halides is 1. The fourth-order valence-electron chi connectivity index (χ4n) is 1.58. The highest BCUT2D eigenvalue weighted by Crippen LogP contribution is 2.23. The molecule has 2 nitrogen and oxygen atoms in total. The summed E-state index contributed by atoms with van der Waals surface area (Å²) >= 11 is 12.6. The number of amides is 1. The van der Waals surface area contributed by atoms with Gasteiger partial charge in [-0.1, -0.05) is 40.9 Å². The van der Waals surface area contributed by atoms with Crippen molar-refractivity contribution in [3.8, 4) is 0 Å². The number of nitrogens with one attached hydrogen (secondary N) is 1. The van der Waals surface area contributed by atoms with Gasteiger partial charge < -0.3 is 5.32 Å². The predicted octanol–water partition coefficient (Wildman–Crippen LogP) is 4.64. The third-order valence-corrected chi connectivity index (χ3v) is 4.50. The number of hydrogen-bond acceptors (Lipinski definition) is 1. The van der Waals surface area contributed by atoms with E-state index in [0.29, 0.717) is 23.0 Å². The molecule has 5 heteroatoms. The van der Waals surface area contributed by atoms with E-state index in [1.807, 2.05) is 0 Å². The van der Waals surface area contributed by atoms with E-state index >= 15 is 0 Å². The smallest absolute Gasteiger partial charge is 0.251 e. The second-order valence-corrected chi connectivity index (χ2v) is 6.15. The summed E-state index contributed by atoms with van der Waals surface area (Å²) in [6.45, 7) is 2.85. The molecule has 0 aliphatic carbocycles. The van der Waals surface area contributed by atoms with Crippen LogP contribution in [0.3, 0.4) is 0 Å². The van der Waals surface area contributed by atoms with E-state index in [1.54, 1.807) is 18.2 Å². The van der Waals surface area contributed by atoms with Crippen LogP contribution in [0.5, 0.6) is 0 Å². The third kappa shape index (κ3) is 4.90. The average Bonchev–Trinajstić information content (AvgIpc) is 2.37. The Hall–Kier alpha value is -0.0600. The first-order valence-electron chi connectivity index (χ1n) is 5.87. The highest BCUT2D eigenvalue weighted by Gasteiger charge is 2.10. The average molecular weight is 398 g/mol. The number of carbonyl (C=O) groups is 1. The van der Waals surface area contributed by atoms with Crippen molar-refractivity contribution in [2.24, 2.45) is 5.92 Å². The Balaban J connectivity index is 2.57. The standard InChI is InChI=1S/C13H16Br2ClNO/c1-2-9(5-6-14)8-17-13(18)10-3-4-12(16)11(15)7-10/h3-4,7,9H,2,5-6,8H2,1H3,(H,17,18). The number of carbonyl (C=O) groups excluding carboxylic acids is 1. The minimum atomic E-state index is -0.0552. The van der Waals surface area contributed by atoms with Crippen LogP contribution < -0.4 is 5.32 Å². The first-order valence-corrected chi connectivity index (χ1v) is 8.17. The lowest BCUT2D eigenvalue weighted by Gasteiger charge is -2.14. The zero-order chi connectivity index (χ0) is 13.5. The van der Waals surface area contributed by atoms with Gasteiger partial charge in [-0.05, 0) is 46.5 Å². The molecule has 1 unspecified atom stereocenters. The quantitative estimate of drug-likeness (QED) is 0.696. The molecule has 0 aromatic heterocycles. The summed E-state index contributed by atoms with van der Waals surface area (Å²) in [4.78, 5) is 11.9. The molecule has 0 saturated carbocycles. The Labute approximate surface area is 130 Å². The van der Waals surface area contributed by atoms with Gasteiger partial charge in [-0.15, -0.1) is 0 Å². The molecule has 100 valence electrons. The molecule has 1 amide bonds. The molecular weight excluding hydrogens is 381 g/mol. The first-order chi connectivity index (χ1) is 8.58. The van der Waals surface area contributed by atoms with Crippen LogP contribution in [0.15, 0.2) is 22.7 Å². The van der Waals surface area contributed by atoms with Crippen LogP contribution in [0.25, 0.3) is 0 Å². The van der Waals surface area contributed by atoms with Gasteiger partial charge in [0, 0.05) is 21.9 Å². The van der Waals surface area contributed by atoms with Crippen molar-refractivity contribution < 1.29 is 4.79 Å². The molecule has 1 aromatic rings. The molecule has 1 N–H and O–H groups in total. The van der Waals surface area contributed by atoms with Crippen LogP contribution in [-0.2, 0) is 0 Å². The second-order valence-electron chi connectivity index (χ2n) is 4.09. The summed E-state index contributed by atoms with van der Waals surface area (Å²) < 4.78 is 0.740. The predicted molar refractivity (Wildman–Crippen MR) is 83.7 cm³/mol. The van der Waals surface area contributed by atoms with E-state index in [0.717, 1.165) is 22.6 Å². The molecular formula is C13H16Br2ClNO. The molecule has 1 rings (SSSR count). The summed E-state index contributed by atoms with van der Waals surface area (Å²) in [5.74, 6) is 0.462. The Morgan fingerprint density at radius 2 is 2.22 bits per heavy atom. The molecule has 0 aliphatic rings. The molecule has 0 spiro atoms. The summed E-state index contributed by atoms with van der Waals surface area (Å²) in [5.41, 5.74) is 0.625. The van der Waals surface area contributed by atoms with Crippen LogP contribution in [-0.4, -0.2) is 17.8 Å². The largest absolute Gasteiger partial charge is 0.352 e. The van der Waals surface area contributed by atoms with Crippen molar-refractivity contribution in [3.05, 3.63) is 33.3 Å². The summed E-state index contributed by atoms with van der Waals surface area (Å²) in [6.07, 6.45) is 2.14. The van der Waals surface area contributed by atoms with Gasteiger partial charge in [0.15, 0.2) is 0 Å². The van der Waals surface area contributed by atoms with Crippen LogP contribution in [0, 0.1) is 5.92 Å². The topological polar surface area (TPSA) is 29.1 Å². The normalized spacial score (nSPS) is 12.2. The lowest BCUT2D eigenvalue weighted by atomic mass is 10.0. The Kier molecular flexibility index (Phi) is 7.27. The van der Waals surface area contributed by atoms with E-state index in [4.69, 9.17) is 11.6 Å². The Bertz CT molecular complexity index is 412. The Morgan fingerprint density at radius 3 is 2.78 bits per heavy atom. The highest BCUT2D eigenvalue weighted by atomic mass is 79.9. The van der Waals surface area contributed by atoms with Gasteiger partial charge in [0.25, 0.3) is 5.91 Å². The van der Waals surface area contributed by atoms with Gasteiger partial charge in [0.1, 0.15) is 0 Å². The van der Waals surface area contributed by atoms with Gasteiger partial charge in [0.2, 0.25) is 0 Å². The van der Waals surface area contributed by atoms with Crippen LogP contribution in [0.1, 0.15) is 30.1 Å². The Morgan fingerprint density at radius 1 is 1.50 bits per heavy atom. The van der Waals surface area contributed by atoms with Crippen molar-refractivity contribution >= 4 is 49.4 Å². The molecule has 0 radical (unpaired) electrons. The summed E-state index contributed by atoms with van der Waals surface area (Å²) in [6, 6.07) is 5.19. The van der Waals surface area contributed by atoms with Crippen LogP contribution >= 0.6 is 43.5 Å². The molecule has 0 aliphatic heterocycles. The maximum Gasteiger partial charge on any atom is 0.251 e. The van der Waals surface area contributed by atoms with Crippen molar-refractivity contribution in [1.82, 2.24) is 5.32 Å². The zero-order valence-corrected chi connectivity index (χ0v) is 14.1. The molecule has 1 atom stereocenters. The van der Waals surface area contributed by atoms with E-state index in [2.05, 4.69) is 44.1 Å². The van der Waals surface area contributed by atoms with Gasteiger partial charge in [0.05, 0.1) is 5.02 Å². The maximum absolute atomic E-state index is 11.9. The summed E-state index contributed by atoms with van der Waals surface area (Å²) in [5, 5.41) is 4.53. The first kappa shape index (κ1) is 16.0. The molecule has 0 fully saturated rings. The van der Waals surface area contributed by atoms with Crippen molar-refractivity contribution in [1.29, 1.82) is 0 Å². The fourth-order valence-corrected chi connectivity index (χ4v) is 2.73. The fraction of sp³-hybridized carbons (Fsp3) is 0.462. The molecule has 0 saturated heterocycles. The minimum Gasteiger partial charge on any atom is -0.352 e. The molecule has 0 heterocycles. The van der Waals surface area contributed by atoms with Crippen LogP contribution in [0.2, 0.25) is 5.02 Å². The molecule has 18 heavy (non-hydrogen) atoms. The van der Waals surface area contributed by atoms with E-state index in [-0.39, 0.29) is 5.91 Å². The van der Waals surface area contributed by atoms with Crippen molar-refractivity contribution in [2.45, 2.75) is 19.8 Å². The number of hydrogen-bond donors (Lipinski definition) is 1. The van der Waals surface area contributed by atoms with E-state index < -0.39 is 0 Å². The minimum absolute atomic E-state index is 0.0552. The monoisotopic (exact) mass is 395 g/mol. The van der Waals surface area contributed by atoms with Gasteiger partial charge in [-0.25, -0.2) is 0 Å². The van der Waals surface area contributed by atoms with Gasteiger partial charge >= 0.3 is 0 Å². The highest BCUT2D eigenvalue weighted by molar-refractivity contribution is 9.10. The zero-order valence-electron chi connectivity index (χ0n) is 10.2. The number of benzene rings is 1. The van der Waals surface area contributed by atoms with Crippen molar-refractivity contribution in [2.75, 3.05) is 11.9 Å². The molecule has 0 bridgehead atoms. The molecule has 1 aromatic carbocycles. The lowest BCUT2D eigenvalue weighted by Crippen LogP contribution is -2.29. The summed E-state index contributed by atoms with van der Waals surface area (Å²) in [7, 11) is 0. The van der Waals surface area contributed by atoms with Crippen molar-refractivity contribution in [3.63, 3.8) is 0 Å². The number of halogens is 3. The second kappa shape index (κ2) is 8.18. The van der Waals surface area contributed by atoms with Gasteiger partial charge in [-0.3, -0.25) is 4.79 Å². The van der Waals surface area contributed by atoms with Gasteiger partial charge in [-0.2, -0.15) is 0 Å². The number of rotatable bonds is 6. The van der Waals surface area contributed by atoms with Crippen LogP contribution in [0.4, 0.5) is 0 Å². The SMILES string of the molecule is CCC(CCBr)CNC(=O)c1ccc(Cl)c(Br)c1. The lowest BCUT2D eigenvalue weighted by molar-refractivity contribution is 0.0946. The van der Waals surface area contributed by atoms with E-state index in [9.17, 15) is 4.79 Å². The van der Waals surface area contributed by atoms with E-state index in [1.165, 1.54) is 0 Å². The maximum atomic E-state index is 11.9.